The minimum atomic E-state index is 0.279. The van der Waals surface area contributed by atoms with Crippen LogP contribution in [0.25, 0.3) is 0 Å². The Labute approximate surface area is 77.8 Å². The van der Waals surface area contributed by atoms with Crippen LogP contribution in [0, 0.1) is 0 Å². The van der Waals surface area contributed by atoms with Gasteiger partial charge in [-0.1, -0.05) is 13.8 Å². The van der Waals surface area contributed by atoms with Crippen LogP contribution in [-0.2, 0) is 12.8 Å². The normalized spacial score (nSPS) is 13.2. The predicted octanol–water partition coefficient (Wildman–Crippen LogP) is 1.99. The Kier molecular flexibility index (Phi) is 3.69. The summed E-state index contributed by atoms with van der Waals surface area (Å²) in [7, 11) is 0. The van der Waals surface area contributed by atoms with Gasteiger partial charge in [-0.05, 0) is 12.8 Å². The lowest BCUT2D eigenvalue weighted by atomic mass is 10.2. The number of hydrogen-bond donors (Lipinski definition) is 1. The molecule has 1 heterocycles. The van der Waals surface area contributed by atoms with Crippen molar-refractivity contribution < 1.29 is 0 Å². The van der Waals surface area contributed by atoms with E-state index in [2.05, 4.69) is 24.2 Å². The van der Waals surface area contributed by atoms with Gasteiger partial charge in [0.05, 0.1) is 10.7 Å². The zero-order valence-corrected chi connectivity index (χ0v) is 8.53. The van der Waals surface area contributed by atoms with Crippen molar-refractivity contribution in [1.82, 2.24) is 4.98 Å². The fourth-order valence-corrected chi connectivity index (χ4v) is 1.95. The highest BCUT2D eigenvalue weighted by Crippen LogP contribution is 2.12. The van der Waals surface area contributed by atoms with Crippen LogP contribution in [0.1, 0.15) is 31.0 Å². The van der Waals surface area contributed by atoms with Crippen molar-refractivity contribution in [2.75, 3.05) is 0 Å². The summed E-state index contributed by atoms with van der Waals surface area (Å²) in [6, 6.07) is 0.279. The number of nitrogens with zero attached hydrogens (tertiary/aromatic N) is 1. The van der Waals surface area contributed by atoms with Gasteiger partial charge in [0.2, 0.25) is 0 Å². The summed E-state index contributed by atoms with van der Waals surface area (Å²) >= 11 is 1.73. The van der Waals surface area contributed by atoms with E-state index in [-0.39, 0.29) is 6.04 Å². The van der Waals surface area contributed by atoms with Crippen LogP contribution in [0.15, 0.2) is 5.38 Å². The van der Waals surface area contributed by atoms with E-state index in [0.29, 0.717) is 0 Å². The minimum absolute atomic E-state index is 0.279. The summed E-state index contributed by atoms with van der Waals surface area (Å²) in [6.45, 7) is 4.23. The standard InChI is InChI=1S/C9H16N2S/c1-3-7(10)5-9-11-8(4-2)6-12-9/h6-7H,3-5,10H2,1-2H3. The summed E-state index contributed by atoms with van der Waals surface area (Å²) in [6.07, 6.45) is 2.99. The van der Waals surface area contributed by atoms with Crippen LogP contribution in [0.2, 0.25) is 0 Å². The number of rotatable bonds is 4. The first kappa shape index (κ1) is 9.68. The highest BCUT2D eigenvalue weighted by atomic mass is 32.1. The molecule has 1 aromatic heterocycles. The van der Waals surface area contributed by atoms with Gasteiger partial charge in [0, 0.05) is 17.8 Å². The topological polar surface area (TPSA) is 38.9 Å². The van der Waals surface area contributed by atoms with Crippen molar-refractivity contribution in [3.63, 3.8) is 0 Å². The van der Waals surface area contributed by atoms with Crippen molar-refractivity contribution >= 4 is 11.3 Å². The van der Waals surface area contributed by atoms with Gasteiger partial charge in [-0.15, -0.1) is 11.3 Å². The molecule has 0 amide bonds. The minimum Gasteiger partial charge on any atom is -0.327 e. The SMILES string of the molecule is CCc1csc(CC(N)CC)n1. The molecule has 0 aliphatic rings. The Morgan fingerprint density at radius 3 is 2.83 bits per heavy atom. The van der Waals surface area contributed by atoms with Gasteiger partial charge in [0.25, 0.3) is 0 Å². The molecule has 1 rings (SSSR count). The van der Waals surface area contributed by atoms with E-state index in [1.54, 1.807) is 11.3 Å². The second-order valence-electron chi connectivity index (χ2n) is 2.96. The maximum absolute atomic E-state index is 5.82. The summed E-state index contributed by atoms with van der Waals surface area (Å²) in [5, 5.41) is 3.30. The quantitative estimate of drug-likeness (QED) is 0.777. The van der Waals surface area contributed by atoms with Gasteiger partial charge in [0.1, 0.15) is 0 Å². The molecule has 12 heavy (non-hydrogen) atoms. The fraction of sp³-hybridized carbons (Fsp3) is 0.667. The molecule has 3 heteroatoms. The third-order valence-corrected chi connectivity index (χ3v) is 2.84. The molecule has 0 saturated heterocycles. The van der Waals surface area contributed by atoms with E-state index in [1.165, 1.54) is 10.7 Å². The van der Waals surface area contributed by atoms with Gasteiger partial charge in [-0.25, -0.2) is 4.98 Å². The number of hydrogen-bond acceptors (Lipinski definition) is 3. The predicted molar refractivity (Wildman–Crippen MR) is 53.5 cm³/mol. The van der Waals surface area contributed by atoms with Crippen LogP contribution in [0.4, 0.5) is 0 Å². The second kappa shape index (κ2) is 4.58. The lowest BCUT2D eigenvalue weighted by Gasteiger charge is -2.04. The summed E-state index contributed by atoms with van der Waals surface area (Å²) in [5.41, 5.74) is 7.02. The molecule has 2 nitrogen and oxygen atoms in total. The average Bonchev–Trinajstić information content (AvgIpc) is 2.52. The molecule has 1 atom stereocenters. The van der Waals surface area contributed by atoms with Crippen molar-refractivity contribution in [3.05, 3.63) is 16.1 Å². The van der Waals surface area contributed by atoms with E-state index < -0.39 is 0 Å². The van der Waals surface area contributed by atoms with Gasteiger partial charge < -0.3 is 5.73 Å². The molecule has 1 aromatic rings. The van der Waals surface area contributed by atoms with E-state index in [4.69, 9.17) is 5.73 Å². The van der Waals surface area contributed by atoms with Gasteiger partial charge in [0.15, 0.2) is 0 Å². The maximum Gasteiger partial charge on any atom is 0.0943 e. The smallest absolute Gasteiger partial charge is 0.0943 e. The third kappa shape index (κ3) is 2.57. The number of aromatic nitrogens is 1. The average molecular weight is 184 g/mol. The lowest BCUT2D eigenvalue weighted by Crippen LogP contribution is -2.21. The highest BCUT2D eigenvalue weighted by molar-refractivity contribution is 7.09. The van der Waals surface area contributed by atoms with Crippen molar-refractivity contribution in [2.24, 2.45) is 5.73 Å². The molecule has 1 unspecified atom stereocenters. The molecular formula is C9H16N2S. The zero-order valence-electron chi connectivity index (χ0n) is 7.71. The molecule has 0 aliphatic heterocycles. The molecule has 0 fully saturated rings. The summed E-state index contributed by atoms with van der Waals surface area (Å²) in [4.78, 5) is 4.46. The molecular weight excluding hydrogens is 168 g/mol. The molecule has 0 aliphatic carbocycles. The second-order valence-corrected chi connectivity index (χ2v) is 3.90. The van der Waals surface area contributed by atoms with Gasteiger partial charge in [-0.3, -0.25) is 0 Å². The summed E-state index contributed by atoms with van der Waals surface area (Å²) in [5.74, 6) is 0. The first-order chi connectivity index (χ1) is 5.76. The van der Waals surface area contributed by atoms with Crippen LogP contribution in [-0.4, -0.2) is 11.0 Å². The highest BCUT2D eigenvalue weighted by Gasteiger charge is 2.04. The van der Waals surface area contributed by atoms with E-state index in [0.717, 1.165) is 19.3 Å². The fourth-order valence-electron chi connectivity index (χ4n) is 0.974. The Balaban J connectivity index is 2.52. The molecule has 0 aromatic carbocycles. The lowest BCUT2D eigenvalue weighted by molar-refractivity contribution is 0.643. The molecule has 68 valence electrons. The van der Waals surface area contributed by atoms with Crippen molar-refractivity contribution in [2.45, 2.75) is 39.2 Å². The van der Waals surface area contributed by atoms with Crippen LogP contribution in [0.5, 0.6) is 0 Å². The first-order valence-corrected chi connectivity index (χ1v) is 5.33. The van der Waals surface area contributed by atoms with Gasteiger partial charge in [-0.2, -0.15) is 0 Å². The van der Waals surface area contributed by atoms with E-state index in [9.17, 15) is 0 Å². The number of thiazole rings is 1. The Morgan fingerprint density at radius 2 is 2.33 bits per heavy atom. The van der Waals surface area contributed by atoms with Crippen molar-refractivity contribution in [1.29, 1.82) is 0 Å². The van der Waals surface area contributed by atoms with Crippen LogP contribution in [0.3, 0.4) is 0 Å². The Hall–Kier alpha value is -0.410. The molecule has 0 radical (unpaired) electrons. The summed E-state index contributed by atoms with van der Waals surface area (Å²) < 4.78 is 0. The van der Waals surface area contributed by atoms with E-state index in [1.807, 2.05) is 0 Å². The monoisotopic (exact) mass is 184 g/mol. The van der Waals surface area contributed by atoms with Gasteiger partial charge >= 0.3 is 0 Å². The third-order valence-electron chi connectivity index (χ3n) is 1.92. The maximum atomic E-state index is 5.82. The number of aryl methyl sites for hydroxylation is 1. The Bertz CT molecular complexity index is 232. The van der Waals surface area contributed by atoms with E-state index >= 15 is 0 Å². The van der Waals surface area contributed by atoms with Crippen molar-refractivity contribution in [3.8, 4) is 0 Å². The van der Waals surface area contributed by atoms with Crippen LogP contribution >= 0.6 is 11.3 Å². The number of nitrogens with two attached hydrogens (primary N) is 1. The molecule has 0 bridgehead atoms. The molecule has 0 saturated carbocycles. The molecule has 0 spiro atoms. The van der Waals surface area contributed by atoms with Crippen LogP contribution < -0.4 is 5.73 Å². The largest absolute Gasteiger partial charge is 0.327 e. The Morgan fingerprint density at radius 1 is 1.58 bits per heavy atom. The molecule has 2 N–H and O–H groups in total. The zero-order chi connectivity index (χ0) is 8.97. The first-order valence-electron chi connectivity index (χ1n) is 4.45.